The minimum Gasteiger partial charge on any atom is -0.504 e. The van der Waals surface area contributed by atoms with E-state index in [0.29, 0.717) is 23.6 Å². The first kappa shape index (κ1) is 16.5. The third-order valence-corrected chi connectivity index (χ3v) is 3.28. The normalized spacial score (nSPS) is 17.0. The van der Waals surface area contributed by atoms with Crippen LogP contribution in [0.2, 0.25) is 0 Å². The van der Waals surface area contributed by atoms with E-state index >= 15 is 0 Å². The van der Waals surface area contributed by atoms with Crippen LogP contribution in [0.4, 0.5) is 0 Å². The van der Waals surface area contributed by atoms with E-state index in [9.17, 15) is 14.7 Å². The number of nitrogens with zero attached hydrogens (tertiary/aromatic N) is 2. The third-order valence-electron chi connectivity index (χ3n) is 3.28. The van der Waals surface area contributed by atoms with E-state index in [2.05, 4.69) is 21.1 Å². The van der Waals surface area contributed by atoms with Gasteiger partial charge in [-0.05, 0) is 26.0 Å². The molecule has 8 heteroatoms. The van der Waals surface area contributed by atoms with Gasteiger partial charge in [0.15, 0.2) is 11.5 Å². The number of benzene rings is 1. The molecule has 2 amide bonds. The summed E-state index contributed by atoms with van der Waals surface area (Å²) < 4.78 is 5.26. The molecule has 2 rings (SSSR count). The molecule has 0 aliphatic carbocycles. The Bertz CT molecular complexity index is 669. The number of amides is 2. The highest BCUT2D eigenvalue weighted by Gasteiger charge is 2.28. The van der Waals surface area contributed by atoms with E-state index in [4.69, 9.17) is 4.74 Å². The molecule has 1 aliphatic heterocycles. The Morgan fingerprint density at radius 1 is 1.57 bits per heavy atom. The maximum atomic E-state index is 11.8. The Balaban J connectivity index is 1.94. The summed E-state index contributed by atoms with van der Waals surface area (Å²) in [7, 11) is 0. The van der Waals surface area contributed by atoms with Crippen molar-refractivity contribution in [3.05, 3.63) is 23.8 Å². The molecule has 3 N–H and O–H groups in total. The number of hydrazone groups is 2. The van der Waals surface area contributed by atoms with Gasteiger partial charge in [-0.15, -0.1) is 0 Å². The van der Waals surface area contributed by atoms with Crippen molar-refractivity contribution in [3.63, 3.8) is 0 Å². The first-order valence-corrected chi connectivity index (χ1v) is 7.13. The summed E-state index contributed by atoms with van der Waals surface area (Å²) in [4.78, 5) is 23.3. The van der Waals surface area contributed by atoms with Gasteiger partial charge in [0.25, 0.3) is 0 Å². The van der Waals surface area contributed by atoms with Crippen molar-refractivity contribution in [2.24, 2.45) is 16.1 Å². The first-order valence-electron chi connectivity index (χ1n) is 7.13. The molecule has 1 heterocycles. The van der Waals surface area contributed by atoms with E-state index in [1.54, 1.807) is 25.1 Å². The quantitative estimate of drug-likeness (QED) is 0.531. The highest BCUT2D eigenvalue weighted by Crippen LogP contribution is 2.28. The van der Waals surface area contributed by atoms with Crippen molar-refractivity contribution in [1.82, 2.24) is 10.9 Å². The number of phenolic OH excluding ortho intramolecular Hbond substituents is 1. The van der Waals surface area contributed by atoms with Crippen LogP contribution in [0.25, 0.3) is 0 Å². The van der Waals surface area contributed by atoms with Crippen LogP contribution >= 0.6 is 0 Å². The lowest BCUT2D eigenvalue weighted by Gasteiger charge is -2.07. The van der Waals surface area contributed by atoms with Crippen molar-refractivity contribution in [3.8, 4) is 11.5 Å². The molecule has 0 saturated heterocycles. The van der Waals surface area contributed by atoms with E-state index < -0.39 is 11.8 Å². The Labute approximate surface area is 133 Å². The second-order valence-electron chi connectivity index (χ2n) is 4.91. The molecule has 0 saturated carbocycles. The summed E-state index contributed by atoms with van der Waals surface area (Å²) in [5, 5.41) is 17.5. The van der Waals surface area contributed by atoms with Gasteiger partial charge in [0.05, 0.1) is 18.7 Å². The maximum absolute atomic E-state index is 11.8. The topological polar surface area (TPSA) is 112 Å². The van der Waals surface area contributed by atoms with Crippen molar-refractivity contribution >= 4 is 23.7 Å². The maximum Gasteiger partial charge on any atom is 0.249 e. The van der Waals surface area contributed by atoms with Crippen molar-refractivity contribution in [2.75, 3.05) is 6.61 Å². The SMILES string of the molecule is CCOc1cccc(C=NNC(=O)CC2C(=O)NN=C2C)c1O. The molecular formula is C15H18N4O4. The van der Waals surface area contributed by atoms with Crippen molar-refractivity contribution < 1.29 is 19.4 Å². The zero-order chi connectivity index (χ0) is 16.8. The van der Waals surface area contributed by atoms with Gasteiger partial charge in [-0.25, -0.2) is 10.9 Å². The summed E-state index contributed by atoms with van der Waals surface area (Å²) in [6.45, 7) is 3.91. The number of carbonyl (C=O) groups is 2. The van der Waals surface area contributed by atoms with Gasteiger partial charge in [0.1, 0.15) is 0 Å². The fraction of sp³-hybridized carbons (Fsp3) is 0.333. The number of nitrogens with one attached hydrogen (secondary N) is 2. The molecule has 0 spiro atoms. The summed E-state index contributed by atoms with van der Waals surface area (Å²) in [5.41, 5.74) is 5.61. The van der Waals surface area contributed by atoms with Gasteiger partial charge >= 0.3 is 0 Å². The largest absolute Gasteiger partial charge is 0.504 e. The highest BCUT2D eigenvalue weighted by molar-refractivity contribution is 6.09. The molecular weight excluding hydrogens is 300 g/mol. The number of phenols is 1. The summed E-state index contributed by atoms with van der Waals surface area (Å²) in [6, 6.07) is 4.97. The zero-order valence-electron chi connectivity index (χ0n) is 12.9. The first-order chi connectivity index (χ1) is 11.0. The molecule has 0 bridgehead atoms. The van der Waals surface area contributed by atoms with Gasteiger partial charge in [0, 0.05) is 17.7 Å². The number of carbonyl (C=O) groups excluding carboxylic acids is 2. The number of hydrogen-bond donors (Lipinski definition) is 3. The molecule has 122 valence electrons. The van der Waals surface area contributed by atoms with Gasteiger partial charge in [-0.1, -0.05) is 6.07 Å². The number of ether oxygens (including phenoxy) is 1. The summed E-state index contributed by atoms with van der Waals surface area (Å²) in [5.74, 6) is -0.996. The number of hydrogen-bond acceptors (Lipinski definition) is 6. The third kappa shape index (κ3) is 4.06. The standard InChI is InChI=1S/C15H18N4O4/c1-3-23-12-6-4-5-10(14(12)21)8-16-18-13(20)7-11-9(2)17-19-15(11)22/h4-6,8,11,21H,3,7H2,1-2H3,(H,18,20)(H,19,22). The van der Waals surface area contributed by atoms with Crippen LogP contribution in [0, 0.1) is 5.92 Å². The monoisotopic (exact) mass is 318 g/mol. The van der Waals surface area contributed by atoms with Crippen LogP contribution in [-0.2, 0) is 9.59 Å². The minimum atomic E-state index is -0.570. The molecule has 1 aliphatic rings. The lowest BCUT2D eigenvalue weighted by atomic mass is 10.0. The number of rotatable bonds is 6. The van der Waals surface area contributed by atoms with Gasteiger partial charge in [-0.2, -0.15) is 10.2 Å². The Morgan fingerprint density at radius 2 is 2.35 bits per heavy atom. The highest BCUT2D eigenvalue weighted by atomic mass is 16.5. The molecule has 23 heavy (non-hydrogen) atoms. The van der Waals surface area contributed by atoms with E-state index in [1.165, 1.54) is 6.21 Å². The smallest absolute Gasteiger partial charge is 0.249 e. The fourth-order valence-electron chi connectivity index (χ4n) is 2.05. The minimum absolute atomic E-state index is 0.0382. The number of aromatic hydroxyl groups is 1. The van der Waals surface area contributed by atoms with Crippen LogP contribution in [0.5, 0.6) is 11.5 Å². The predicted molar refractivity (Wildman–Crippen MR) is 84.4 cm³/mol. The van der Waals surface area contributed by atoms with Gasteiger partial charge in [0.2, 0.25) is 11.8 Å². The lowest BCUT2D eigenvalue weighted by Crippen LogP contribution is -2.29. The lowest BCUT2D eigenvalue weighted by molar-refractivity contribution is -0.127. The molecule has 1 atom stereocenters. The summed E-state index contributed by atoms with van der Waals surface area (Å²) >= 11 is 0. The Hall–Kier alpha value is -2.90. The second-order valence-corrected chi connectivity index (χ2v) is 4.91. The van der Waals surface area contributed by atoms with Crippen LogP contribution < -0.4 is 15.6 Å². The summed E-state index contributed by atoms with van der Waals surface area (Å²) in [6.07, 6.45) is 1.27. The van der Waals surface area contributed by atoms with Crippen LogP contribution in [0.3, 0.4) is 0 Å². The molecule has 1 unspecified atom stereocenters. The average molecular weight is 318 g/mol. The predicted octanol–water partition coefficient (Wildman–Crippen LogP) is 0.753. The molecule has 0 aromatic heterocycles. The fourth-order valence-corrected chi connectivity index (χ4v) is 2.05. The van der Waals surface area contributed by atoms with E-state index in [0.717, 1.165) is 0 Å². The van der Waals surface area contributed by atoms with E-state index in [1.807, 2.05) is 6.92 Å². The molecule has 8 nitrogen and oxygen atoms in total. The van der Waals surface area contributed by atoms with Crippen LogP contribution in [0.1, 0.15) is 25.8 Å². The van der Waals surface area contributed by atoms with E-state index in [-0.39, 0.29) is 18.1 Å². The Kier molecular flexibility index (Phi) is 5.29. The van der Waals surface area contributed by atoms with Gasteiger partial charge in [-0.3, -0.25) is 9.59 Å². The van der Waals surface area contributed by atoms with Crippen LogP contribution in [0.15, 0.2) is 28.4 Å². The van der Waals surface area contributed by atoms with Crippen molar-refractivity contribution in [1.29, 1.82) is 0 Å². The average Bonchev–Trinajstić information content (AvgIpc) is 2.83. The molecule has 1 aromatic carbocycles. The van der Waals surface area contributed by atoms with Crippen molar-refractivity contribution in [2.45, 2.75) is 20.3 Å². The van der Waals surface area contributed by atoms with Gasteiger partial charge < -0.3 is 9.84 Å². The zero-order valence-corrected chi connectivity index (χ0v) is 12.9. The molecule has 0 radical (unpaired) electrons. The molecule has 1 aromatic rings. The second kappa shape index (κ2) is 7.39. The molecule has 0 fully saturated rings. The number of para-hydroxylation sites is 1. The van der Waals surface area contributed by atoms with Crippen LogP contribution in [-0.4, -0.2) is 35.5 Å². The Morgan fingerprint density at radius 3 is 3.00 bits per heavy atom.